The molecule has 0 saturated carbocycles. The largest absolute Gasteiger partial charge is 0.502 e. The zero-order valence-corrected chi connectivity index (χ0v) is 12.1. The van der Waals surface area contributed by atoms with Crippen LogP contribution in [0.3, 0.4) is 0 Å². The second-order valence-corrected chi connectivity index (χ2v) is 5.98. The molecular formula is C11H17N2O6P. The third-order valence-electron chi connectivity index (χ3n) is 2.50. The van der Waals surface area contributed by atoms with Gasteiger partial charge in [-0.1, -0.05) is 6.07 Å². The number of benzene rings is 1. The molecule has 0 saturated heterocycles. The van der Waals surface area contributed by atoms with Crippen molar-refractivity contribution in [2.75, 3.05) is 13.2 Å². The molecule has 0 heterocycles. The minimum Gasteiger partial charge on any atom is -0.502 e. The minimum absolute atomic E-state index is 0.130. The number of nitro groups is 1. The molecule has 0 amide bonds. The van der Waals surface area contributed by atoms with Crippen LogP contribution in [-0.4, -0.2) is 23.2 Å². The fourth-order valence-electron chi connectivity index (χ4n) is 1.61. The van der Waals surface area contributed by atoms with Crippen molar-refractivity contribution in [1.29, 1.82) is 0 Å². The van der Waals surface area contributed by atoms with Crippen LogP contribution in [0.4, 0.5) is 5.69 Å². The second kappa shape index (κ2) is 6.81. The predicted molar refractivity (Wildman–Crippen MR) is 72.5 cm³/mol. The van der Waals surface area contributed by atoms with Gasteiger partial charge in [0.1, 0.15) is 5.78 Å². The molecule has 8 nitrogen and oxygen atoms in total. The van der Waals surface area contributed by atoms with Gasteiger partial charge in [-0.2, -0.15) is 0 Å². The third kappa shape index (κ3) is 3.55. The van der Waals surface area contributed by atoms with Gasteiger partial charge < -0.3 is 19.9 Å². The molecule has 0 aromatic heterocycles. The van der Waals surface area contributed by atoms with Crippen LogP contribution >= 0.6 is 7.60 Å². The highest BCUT2D eigenvalue weighted by atomic mass is 31.2. The Balaban J connectivity index is 3.18. The van der Waals surface area contributed by atoms with Crippen LogP contribution in [0.25, 0.3) is 0 Å². The smallest absolute Gasteiger partial charge is 0.351 e. The van der Waals surface area contributed by atoms with Crippen molar-refractivity contribution in [3.63, 3.8) is 0 Å². The zero-order chi connectivity index (χ0) is 15.3. The first kappa shape index (κ1) is 16.6. The summed E-state index contributed by atoms with van der Waals surface area (Å²) in [5, 5.41) is 20.2. The Morgan fingerprint density at radius 1 is 1.40 bits per heavy atom. The van der Waals surface area contributed by atoms with Gasteiger partial charge in [-0.15, -0.1) is 0 Å². The summed E-state index contributed by atoms with van der Waals surface area (Å²) in [5.74, 6) is -1.66. The van der Waals surface area contributed by atoms with E-state index in [9.17, 15) is 19.8 Å². The van der Waals surface area contributed by atoms with Gasteiger partial charge in [0.15, 0.2) is 5.75 Å². The van der Waals surface area contributed by atoms with Gasteiger partial charge in [0.25, 0.3) is 0 Å². The summed E-state index contributed by atoms with van der Waals surface area (Å²) >= 11 is 0. The zero-order valence-electron chi connectivity index (χ0n) is 11.2. The number of aromatic hydroxyl groups is 1. The topological polar surface area (TPSA) is 125 Å². The van der Waals surface area contributed by atoms with Crippen LogP contribution < -0.4 is 5.73 Å². The van der Waals surface area contributed by atoms with E-state index in [0.29, 0.717) is 0 Å². The van der Waals surface area contributed by atoms with E-state index in [1.54, 1.807) is 13.8 Å². The third-order valence-corrected chi connectivity index (χ3v) is 4.71. The van der Waals surface area contributed by atoms with E-state index >= 15 is 0 Å². The summed E-state index contributed by atoms with van der Waals surface area (Å²) in [5.41, 5.74) is 5.53. The summed E-state index contributed by atoms with van der Waals surface area (Å²) in [6, 6.07) is 3.53. The van der Waals surface area contributed by atoms with Crippen LogP contribution in [0, 0.1) is 10.1 Å². The number of hydrogen-bond acceptors (Lipinski definition) is 7. The quantitative estimate of drug-likeness (QED) is 0.450. The van der Waals surface area contributed by atoms with Crippen molar-refractivity contribution < 1.29 is 23.6 Å². The Morgan fingerprint density at radius 3 is 2.40 bits per heavy atom. The molecule has 20 heavy (non-hydrogen) atoms. The van der Waals surface area contributed by atoms with Gasteiger partial charge in [-0.3, -0.25) is 14.7 Å². The molecule has 0 unspecified atom stereocenters. The van der Waals surface area contributed by atoms with Gasteiger partial charge in [0, 0.05) is 6.07 Å². The van der Waals surface area contributed by atoms with E-state index in [-0.39, 0.29) is 18.8 Å². The number of rotatable bonds is 7. The first-order valence-corrected chi connectivity index (χ1v) is 7.58. The van der Waals surface area contributed by atoms with Crippen LogP contribution in [0.2, 0.25) is 0 Å². The Hall–Kier alpha value is -1.47. The molecule has 0 radical (unpaired) electrons. The molecule has 0 fully saturated rings. The highest BCUT2D eigenvalue weighted by Gasteiger charge is 2.35. The Kier molecular flexibility index (Phi) is 5.64. The van der Waals surface area contributed by atoms with Gasteiger partial charge in [0.2, 0.25) is 0 Å². The van der Waals surface area contributed by atoms with Gasteiger partial charge in [-0.05, 0) is 25.5 Å². The molecular weight excluding hydrogens is 287 g/mol. The van der Waals surface area contributed by atoms with Crippen LogP contribution in [0.1, 0.15) is 25.2 Å². The number of hydrogen-bond donors (Lipinski definition) is 2. The normalized spacial score (nSPS) is 13.2. The fraction of sp³-hybridized carbons (Fsp3) is 0.455. The molecule has 1 aromatic carbocycles. The van der Waals surface area contributed by atoms with Crippen molar-refractivity contribution in [1.82, 2.24) is 0 Å². The molecule has 1 rings (SSSR count). The monoisotopic (exact) mass is 304 g/mol. The number of phenols is 1. The van der Waals surface area contributed by atoms with Crippen LogP contribution in [-0.2, 0) is 13.6 Å². The average Bonchev–Trinajstić information content (AvgIpc) is 2.38. The maximum atomic E-state index is 12.5. The maximum Gasteiger partial charge on any atom is 0.351 e. The second-order valence-electron chi connectivity index (χ2n) is 3.83. The maximum absolute atomic E-state index is 12.5. The summed E-state index contributed by atoms with van der Waals surface area (Å²) in [4.78, 5) is 10.0. The van der Waals surface area contributed by atoms with E-state index in [2.05, 4.69) is 0 Å². The molecule has 1 atom stereocenters. The van der Waals surface area contributed by atoms with Gasteiger partial charge in [0.05, 0.1) is 18.1 Å². The molecule has 112 valence electrons. The van der Waals surface area contributed by atoms with E-state index in [1.165, 1.54) is 6.07 Å². The summed E-state index contributed by atoms with van der Waals surface area (Å²) < 4.78 is 22.7. The minimum atomic E-state index is -3.62. The molecule has 9 heteroatoms. The lowest BCUT2D eigenvalue weighted by Crippen LogP contribution is -2.15. The summed E-state index contributed by atoms with van der Waals surface area (Å²) in [6.45, 7) is 3.53. The van der Waals surface area contributed by atoms with Crippen molar-refractivity contribution in [3.05, 3.63) is 33.9 Å². The lowest BCUT2D eigenvalue weighted by Gasteiger charge is -2.23. The fourth-order valence-corrected chi connectivity index (χ4v) is 3.25. The van der Waals surface area contributed by atoms with Crippen molar-refractivity contribution >= 4 is 13.3 Å². The average molecular weight is 304 g/mol. The molecule has 0 aliphatic heterocycles. The van der Waals surface area contributed by atoms with Crippen molar-refractivity contribution in [3.8, 4) is 5.75 Å². The highest BCUT2D eigenvalue weighted by molar-refractivity contribution is 7.54. The lowest BCUT2D eigenvalue weighted by atomic mass is 10.2. The number of nitrogens with two attached hydrogens (primary N) is 1. The van der Waals surface area contributed by atoms with Crippen molar-refractivity contribution in [2.45, 2.75) is 19.6 Å². The SMILES string of the molecule is CCOP(=O)(OCC)[C@@H](N)c1ccc(O)c([N+](=O)[O-])c1. The molecule has 1 aromatic rings. The number of nitro benzene ring substituents is 1. The van der Waals surface area contributed by atoms with E-state index in [0.717, 1.165) is 12.1 Å². The number of phenolic OH excluding ortho intramolecular Hbond substituents is 1. The Morgan fingerprint density at radius 2 is 1.95 bits per heavy atom. The predicted octanol–water partition coefficient (Wildman–Crippen LogP) is 2.52. The van der Waals surface area contributed by atoms with E-state index in [4.69, 9.17) is 14.8 Å². The summed E-state index contributed by atoms with van der Waals surface area (Å²) in [7, 11) is -3.62. The van der Waals surface area contributed by atoms with Crippen LogP contribution in [0.15, 0.2) is 18.2 Å². The van der Waals surface area contributed by atoms with Gasteiger partial charge >= 0.3 is 13.3 Å². The first-order valence-electron chi connectivity index (χ1n) is 5.97. The summed E-state index contributed by atoms with van der Waals surface area (Å²) in [6.07, 6.45) is 0. The van der Waals surface area contributed by atoms with Crippen LogP contribution in [0.5, 0.6) is 5.75 Å². The Bertz CT molecular complexity index is 526. The standard InChI is InChI=1S/C11H17N2O6P/c1-3-18-20(17,19-4-2)11(12)8-5-6-10(14)9(7-8)13(15)16/h5-7,11,14H,3-4,12H2,1-2H3/t11-/m1/s1. The molecule has 0 aliphatic carbocycles. The molecule has 3 N–H and O–H groups in total. The van der Waals surface area contributed by atoms with Crippen molar-refractivity contribution in [2.24, 2.45) is 5.73 Å². The highest BCUT2D eigenvalue weighted by Crippen LogP contribution is 2.58. The molecule has 0 bridgehead atoms. The number of nitrogens with zero attached hydrogens (tertiary/aromatic N) is 1. The van der Waals surface area contributed by atoms with E-state index in [1.807, 2.05) is 0 Å². The molecule has 0 spiro atoms. The molecule has 0 aliphatic rings. The van der Waals surface area contributed by atoms with Gasteiger partial charge in [-0.25, -0.2) is 0 Å². The first-order chi connectivity index (χ1) is 9.35. The van der Waals surface area contributed by atoms with E-state index < -0.39 is 29.7 Å². The lowest BCUT2D eigenvalue weighted by molar-refractivity contribution is -0.385. The Labute approximate surface area is 116 Å².